The minimum atomic E-state index is 0. The van der Waals surface area contributed by atoms with Gasteiger partial charge >= 0.3 is 0 Å². The second-order valence-corrected chi connectivity index (χ2v) is 0.707. The highest BCUT2D eigenvalue weighted by molar-refractivity contribution is 6.04. The Labute approximate surface area is 42.0 Å². The van der Waals surface area contributed by atoms with Gasteiger partial charge in [-0.3, -0.25) is 14.1 Å². The van der Waals surface area contributed by atoms with E-state index >= 15 is 0 Å². The first-order valence-electron chi connectivity index (χ1n) is 1.56. The standard InChI is InChI=1S/C2H8BN.3FH/c1-2-4-3;;;/h4H,2-3H2,1H3;3*1H. The van der Waals surface area contributed by atoms with Crippen LogP contribution in [-0.4, -0.2) is 14.5 Å². The predicted octanol–water partition coefficient (Wildman–Crippen LogP) is -0.398. The molecular weight excluding hydrogens is 106 g/mol. The van der Waals surface area contributed by atoms with Crippen LogP contribution in [0.2, 0.25) is 0 Å². The number of hydrogen-bond acceptors (Lipinski definition) is 1. The van der Waals surface area contributed by atoms with E-state index in [2.05, 4.69) is 12.2 Å². The smallest absolute Gasteiger partial charge is 0.181 e. The molecule has 0 aliphatic rings. The lowest BCUT2D eigenvalue weighted by Crippen LogP contribution is -2.04. The zero-order valence-corrected chi connectivity index (χ0v) is 4.43. The van der Waals surface area contributed by atoms with Gasteiger partial charge in [0.25, 0.3) is 0 Å². The minimum absolute atomic E-state index is 0. The molecular formula is C2H11BF3N. The Morgan fingerprint density at radius 3 is 1.43 bits per heavy atom. The second kappa shape index (κ2) is 40.9. The van der Waals surface area contributed by atoms with Gasteiger partial charge in [-0.2, -0.15) is 0 Å². The Kier molecular flexibility index (Phi) is 170. The highest BCUT2D eigenvalue weighted by Gasteiger charge is 1.51. The Morgan fingerprint density at radius 2 is 1.43 bits per heavy atom. The van der Waals surface area contributed by atoms with Crippen LogP contribution in [0, 0.1) is 0 Å². The largest absolute Gasteiger partial charge is 0.362 e. The molecule has 0 heterocycles. The molecule has 0 amide bonds. The van der Waals surface area contributed by atoms with E-state index in [1.54, 1.807) is 0 Å². The first kappa shape index (κ1) is 29.1. The third-order valence-corrected chi connectivity index (χ3v) is 0.354. The quantitative estimate of drug-likeness (QED) is 0.461. The molecule has 48 valence electrons. The van der Waals surface area contributed by atoms with Crippen LogP contribution >= 0.6 is 0 Å². The lowest BCUT2D eigenvalue weighted by molar-refractivity contribution is 1.02. The van der Waals surface area contributed by atoms with Crippen LogP contribution in [0.1, 0.15) is 6.92 Å². The summed E-state index contributed by atoms with van der Waals surface area (Å²) in [6.45, 7) is 3.14. The van der Waals surface area contributed by atoms with Crippen LogP contribution in [0.5, 0.6) is 0 Å². The molecule has 0 spiro atoms. The van der Waals surface area contributed by atoms with E-state index in [1.807, 2.05) is 7.98 Å². The van der Waals surface area contributed by atoms with Crippen LogP contribution in [0.15, 0.2) is 0 Å². The lowest BCUT2D eigenvalue weighted by Gasteiger charge is -1.75. The molecule has 0 fully saturated rings. The van der Waals surface area contributed by atoms with E-state index in [9.17, 15) is 0 Å². The topological polar surface area (TPSA) is 12.0 Å². The molecule has 0 aromatic heterocycles. The molecule has 0 radical (unpaired) electrons. The number of halogens is 3. The Balaban J connectivity index is -0.0000000150. The molecule has 0 aliphatic carbocycles. The molecule has 0 saturated heterocycles. The summed E-state index contributed by atoms with van der Waals surface area (Å²) in [4.78, 5) is 0. The fourth-order valence-corrected chi connectivity index (χ4v) is 0. The van der Waals surface area contributed by atoms with Crippen molar-refractivity contribution in [1.82, 2.24) is 5.23 Å². The van der Waals surface area contributed by atoms with Crippen molar-refractivity contribution in [1.29, 1.82) is 0 Å². The van der Waals surface area contributed by atoms with E-state index in [0.29, 0.717) is 0 Å². The first-order chi connectivity index (χ1) is 1.91. The maximum atomic E-state index is 2.93. The Hall–Kier alpha value is -0.185. The molecule has 0 unspecified atom stereocenters. The highest BCUT2D eigenvalue weighted by atomic mass is 19.0. The van der Waals surface area contributed by atoms with Crippen molar-refractivity contribution in [2.75, 3.05) is 6.54 Å². The van der Waals surface area contributed by atoms with Gasteiger partial charge in [0.1, 0.15) is 0 Å². The second-order valence-electron chi connectivity index (χ2n) is 0.707. The van der Waals surface area contributed by atoms with Crippen molar-refractivity contribution in [3.8, 4) is 0 Å². The van der Waals surface area contributed by atoms with Crippen molar-refractivity contribution < 1.29 is 14.1 Å². The van der Waals surface area contributed by atoms with Gasteiger partial charge in [-0.05, 0) is 6.54 Å². The molecule has 0 aliphatic heterocycles. The molecule has 0 bridgehead atoms. The average Bonchev–Trinajstić information content (AvgIpc) is 1.37. The van der Waals surface area contributed by atoms with Gasteiger partial charge in [0, 0.05) is 0 Å². The zero-order valence-electron chi connectivity index (χ0n) is 4.43. The molecule has 5 heteroatoms. The summed E-state index contributed by atoms with van der Waals surface area (Å²) in [5, 5.41) is 2.93. The molecule has 0 aromatic carbocycles. The van der Waals surface area contributed by atoms with Crippen molar-refractivity contribution in [3.63, 3.8) is 0 Å². The lowest BCUT2D eigenvalue weighted by atomic mass is 10.4. The number of rotatable bonds is 1. The zero-order chi connectivity index (χ0) is 3.41. The summed E-state index contributed by atoms with van der Waals surface area (Å²) in [6, 6.07) is 0. The van der Waals surface area contributed by atoms with Crippen molar-refractivity contribution in [2.24, 2.45) is 0 Å². The van der Waals surface area contributed by atoms with Gasteiger partial charge in [0.15, 0.2) is 7.98 Å². The maximum Gasteiger partial charge on any atom is 0.181 e. The average molecular weight is 117 g/mol. The summed E-state index contributed by atoms with van der Waals surface area (Å²) in [5.41, 5.74) is 0. The Morgan fingerprint density at radius 1 is 1.29 bits per heavy atom. The van der Waals surface area contributed by atoms with Gasteiger partial charge in [0.2, 0.25) is 0 Å². The minimum Gasteiger partial charge on any atom is -0.362 e. The van der Waals surface area contributed by atoms with Gasteiger partial charge in [0.05, 0.1) is 0 Å². The summed E-state index contributed by atoms with van der Waals surface area (Å²) < 4.78 is 0. The van der Waals surface area contributed by atoms with Gasteiger partial charge < -0.3 is 5.23 Å². The van der Waals surface area contributed by atoms with E-state index in [4.69, 9.17) is 0 Å². The first-order valence-corrected chi connectivity index (χ1v) is 1.56. The van der Waals surface area contributed by atoms with Crippen LogP contribution in [0.4, 0.5) is 14.1 Å². The molecule has 0 rings (SSSR count). The van der Waals surface area contributed by atoms with E-state index in [0.717, 1.165) is 6.54 Å². The van der Waals surface area contributed by atoms with Crippen molar-refractivity contribution in [2.45, 2.75) is 6.92 Å². The third kappa shape index (κ3) is 127. The summed E-state index contributed by atoms with van der Waals surface area (Å²) in [6.07, 6.45) is 0. The van der Waals surface area contributed by atoms with Crippen LogP contribution in [0.25, 0.3) is 0 Å². The van der Waals surface area contributed by atoms with Gasteiger partial charge in [-0.15, -0.1) is 0 Å². The van der Waals surface area contributed by atoms with Crippen LogP contribution < -0.4 is 5.23 Å². The number of hydrogen-bond donors (Lipinski definition) is 1. The SMILES string of the molecule is BNCC.F.F.F. The summed E-state index contributed by atoms with van der Waals surface area (Å²) in [7, 11) is 1.93. The van der Waals surface area contributed by atoms with Crippen molar-refractivity contribution in [3.05, 3.63) is 0 Å². The maximum absolute atomic E-state index is 2.93. The highest BCUT2D eigenvalue weighted by Crippen LogP contribution is 1.33. The predicted molar refractivity (Wildman–Crippen MR) is 29.7 cm³/mol. The molecule has 7 heavy (non-hydrogen) atoms. The molecule has 1 N–H and O–H groups in total. The molecule has 0 saturated carbocycles. The van der Waals surface area contributed by atoms with E-state index < -0.39 is 0 Å². The fourth-order valence-electron chi connectivity index (χ4n) is 0. The number of nitrogens with one attached hydrogen (secondary N) is 1. The van der Waals surface area contributed by atoms with Gasteiger partial charge in [-0.1, -0.05) is 6.92 Å². The fraction of sp³-hybridized carbons (Fsp3) is 1.00. The summed E-state index contributed by atoms with van der Waals surface area (Å²) >= 11 is 0. The molecule has 1 nitrogen and oxygen atoms in total. The van der Waals surface area contributed by atoms with E-state index in [1.165, 1.54) is 0 Å². The van der Waals surface area contributed by atoms with Crippen LogP contribution in [0.3, 0.4) is 0 Å². The normalized spacial score (nSPS) is 4.14. The van der Waals surface area contributed by atoms with E-state index in [-0.39, 0.29) is 14.1 Å². The molecule has 0 atom stereocenters. The van der Waals surface area contributed by atoms with Crippen molar-refractivity contribution >= 4 is 7.98 Å². The third-order valence-electron chi connectivity index (χ3n) is 0.354. The Bertz CT molecular complexity index is 14.9. The molecule has 0 aromatic rings. The summed E-state index contributed by atoms with van der Waals surface area (Å²) in [5.74, 6) is 0. The van der Waals surface area contributed by atoms with Gasteiger partial charge in [-0.25, -0.2) is 0 Å². The monoisotopic (exact) mass is 117 g/mol. The van der Waals surface area contributed by atoms with Crippen LogP contribution in [-0.2, 0) is 0 Å².